The third kappa shape index (κ3) is 4.70. The quantitative estimate of drug-likeness (QED) is 0.787. The van der Waals surface area contributed by atoms with E-state index in [4.69, 9.17) is 0 Å². The molecule has 0 N–H and O–H groups in total. The van der Waals surface area contributed by atoms with E-state index >= 15 is 0 Å². The van der Waals surface area contributed by atoms with Gasteiger partial charge in [-0.2, -0.15) is 11.8 Å². The molecule has 114 valence electrons. The molecular weight excluding hydrogens is 280 g/mol. The summed E-state index contributed by atoms with van der Waals surface area (Å²) in [6.07, 6.45) is 3.81. The fourth-order valence-corrected chi connectivity index (χ4v) is 4.95. The number of thioether (sulfide) groups is 1. The first-order chi connectivity index (χ1) is 10.1. The Kier molecular flexibility index (Phi) is 6.04. The van der Waals surface area contributed by atoms with Crippen molar-refractivity contribution in [1.29, 1.82) is 0 Å². The first-order valence-electron chi connectivity index (χ1n) is 7.73. The van der Waals surface area contributed by atoms with Gasteiger partial charge in [0.2, 0.25) is 0 Å². The van der Waals surface area contributed by atoms with Gasteiger partial charge in [0.25, 0.3) is 0 Å². The van der Waals surface area contributed by atoms with E-state index in [1.54, 1.807) is 13.8 Å². The largest absolute Gasteiger partial charge is 0.300 e. The molecule has 21 heavy (non-hydrogen) atoms. The second-order valence-electron chi connectivity index (χ2n) is 6.07. The van der Waals surface area contributed by atoms with Gasteiger partial charge in [0.1, 0.15) is 11.6 Å². The maximum Gasteiger partial charge on any atom is 0.134 e. The van der Waals surface area contributed by atoms with Crippen molar-refractivity contribution < 1.29 is 9.59 Å². The number of Topliss-reactive ketones (excluding diaryl/α,β-unsaturated/α-hetero) is 2. The van der Waals surface area contributed by atoms with Crippen LogP contribution in [0.3, 0.4) is 0 Å². The van der Waals surface area contributed by atoms with E-state index < -0.39 is 0 Å². The average molecular weight is 304 g/mol. The molecule has 1 aliphatic rings. The van der Waals surface area contributed by atoms with E-state index in [0.29, 0.717) is 11.7 Å². The van der Waals surface area contributed by atoms with E-state index in [2.05, 4.69) is 24.3 Å². The lowest BCUT2D eigenvalue weighted by molar-refractivity contribution is -0.124. The van der Waals surface area contributed by atoms with Crippen LogP contribution in [0.25, 0.3) is 0 Å². The molecule has 0 aromatic heterocycles. The molecule has 1 fully saturated rings. The molecule has 1 aromatic carbocycles. The van der Waals surface area contributed by atoms with E-state index in [9.17, 15) is 9.59 Å². The second-order valence-corrected chi connectivity index (χ2v) is 7.30. The molecule has 0 amide bonds. The lowest BCUT2D eigenvalue weighted by Crippen LogP contribution is -2.36. The summed E-state index contributed by atoms with van der Waals surface area (Å²) in [7, 11) is 0. The lowest BCUT2D eigenvalue weighted by Gasteiger charge is -2.36. The van der Waals surface area contributed by atoms with Crippen molar-refractivity contribution >= 4 is 23.3 Å². The summed E-state index contributed by atoms with van der Waals surface area (Å²) in [5.74, 6) is 1.71. The maximum absolute atomic E-state index is 12.1. The monoisotopic (exact) mass is 304 g/mol. The summed E-state index contributed by atoms with van der Waals surface area (Å²) in [4.78, 5) is 23.5. The Balaban J connectivity index is 2.02. The van der Waals surface area contributed by atoms with Crippen LogP contribution in [0, 0.1) is 11.8 Å². The third-order valence-electron chi connectivity index (χ3n) is 4.30. The summed E-state index contributed by atoms with van der Waals surface area (Å²) in [5.41, 5.74) is 1.30. The number of rotatable bonds is 6. The summed E-state index contributed by atoms with van der Waals surface area (Å²) < 4.78 is 0. The van der Waals surface area contributed by atoms with E-state index in [0.717, 1.165) is 25.0 Å². The van der Waals surface area contributed by atoms with Gasteiger partial charge in [0.05, 0.1) is 0 Å². The van der Waals surface area contributed by atoms with Crippen molar-refractivity contribution in [3.63, 3.8) is 0 Å². The van der Waals surface area contributed by atoms with Crippen molar-refractivity contribution in [3.8, 4) is 0 Å². The fourth-order valence-electron chi connectivity index (χ4n) is 3.40. The van der Waals surface area contributed by atoms with Gasteiger partial charge < -0.3 is 4.79 Å². The normalized spacial score (nSPS) is 25.5. The third-order valence-corrected chi connectivity index (χ3v) is 5.76. The molecule has 1 saturated carbocycles. The van der Waals surface area contributed by atoms with Gasteiger partial charge in [-0.05, 0) is 38.2 Å². The molecule has 2 nitrogen and oxygen atoms in total. The molecule has 2 rings (SSSR count). The Morgan fingerprint density at radius 1 is 1.14 bits per heavy atom. The van der Waals surface area contributed by atoms with E-state index in [1.807, 2.05) is 17.8 Å². The second kappa shape index (κ2) is 7.79. The van der Waals surface area contributed by atoms with Crippen LogP contribution in [0.15, 0.2) is 30.3 Å². The van der Waals surface area contributed by atoms with Gasteiger partial charge in [-0.1, -0.05) is 36.8 Å². The molecule has 0 bridgehead atoms. The Labute approximate surface area is 131 Å². The molecule has 0 heterocycles. The number of hydrogen-bond acceptors (Lipinski definition) is 3. The van der Waals surface area contributed by atoms with Crippen LogP contribution < -0.4 is 0 Å². The summed E-state index contributed by atoms with van der Waals surface area (Å²) >= 11 is 1.89. The van der Waals surface area contributed by atoms with Crippen molar-refractivity contribution in [2.45, 2.75) is 50.5 Å². The molecule has 0 saturated heterocycles. The fraction of sp³-hybridized carbons (Fsp3) is 0.556. The van der Waals surface area contributed by atoms with Gasteiger partial charge in [-0.3, -0.25) is 4.79 Å². The predicted molar refractivity (Wildman–Crippen MR) is 88.3 cm³/mol. The molecule has 3 atom stereocenters. The molecular formula is C18H24O2S. The van der Waals surface area contributed by atoms with Crippen molar-refractivity contribution in [1.82, 2.24) is 0 Å². The molecule has 0 unspecified atom stereocenters. The molecule has 1 aromatic rings. The molecule has 1 aliphatic carbocycles. The lowest BCUT2D eigenvalue weighted by atomic mass is 9.74. The zero-order valence-electron chi connectivity index (χ0n) is 12.9. The summed E-state index contributed by atoms with van der Waals surface area (Å²) in [5, 5.41) is 0.362. The first kappa shape index (κ1) is 16.3. The van der Waals surface area contributed by atoms with Crippen LogP contribution in [0.2, 0.25) is 0 Å². The van der Waals surface area contributed by atoms with Gasteiger partial charge >= 0.3 is 0 Å². The van der Waals surface area contributed by atoms with E-state index in [1.165, 1.54) is 5.56 Å². The van der Waals surface area contributed by atoms with Gasteiger partial charge in [-0.25, -0.2) is 0 Å². The molecule has 0 radical (unpaired) electrons. The number of carbonyl (C=O) groups excluding carboxylic acids is 2. The highest BCUT2D eigenvalue weighted by Gasteiger charge is 2.36. The summed E-state index contributed by atoms with van der Waals surface area (Å²) in [6.45, 7) is 3.33. The molecule has 0 aliphatic heterocycles. The SMILES string of the molecule is CC(=O)C[C@H]1CCC[C@@H](SCc2ccccc2)[C@@H]1C(C)=O. The highest BCUT2D eigenvalue weighted by molar-refractivity contribution is 7.99. The van der Waals surface area contributed by atoms with Crippen molar-refractivity contribution in [3.05, 3.63) is 35.9 Å². The average Bonchev–Trinajstić information content (AvgIpc) is 2.45. The van der Waals surface area contributed by atoms with Crippen LogP contribution in [0.4, 0.5) is 0 Å². The Hall–Kier alpha value is -1.09. The molecule has 0 spiro atoms. The first-order valence-corrected chi connectivity index (χ1v) is 8.78. The minimum atomic E-state index is 0.0522. The maximum atomic E-state index is 12.1. The van der Waals surface area contributed by atoms with Crippen LogP contribution in [0.5, 0.6) is 0 Å². The topological polar surface area (TPSA) is 34.1 Å². The Bertz CT molecular complexity index is 483. The molecule has 3 heteroatoms. The number of ketones is 2. The van der Waals surface area contributed by atoms with Gasteiger partial charge in [0.15, 0.2) is 0 Å². The highest BCUT2D eigenvalue weighted by Crippen LogP contribution is 2.40. The van der Waals surface area contributed by atoms with Crippen LogP contribution >= 0.6 is 11.8 Å². The predicted octanol–water partition coefficient (Wildman–Crippen LogP) is 4.27. The van der Waals surface area contributed by atoms with Crippen molar-refractivity contribution in [2.24, 2.45) is 11.8 Å². The Morgan fingerprint density at radius 3 is 2.48 bits per heavy atom. The van der Waals surface area contributed by atoms with Crippen molar-refractivity contribution in [2.75, 3.05) is 0 Å². The summed E-state index contributed by atoms with van der Waals surface area (Å²) in [6, 6.07) is 10.4. The number of benzene rings is 1. The zero-order chi connectivity index (χ0) is 15.2. The minimum Gasteiger partial charge on any atom is -0.300 e. The van der Waals surface area contributed by atoms with Crippen LogP contribution in [0.1, 0.15) is 45.1 Å². The van der Waals surface area contributed by atoms with Gasteiger partial charge in [0, 0.05) is 23.3 Å². The number of carbonyl (C=O) groups is 2. The number of hydrogen-bond donors (Lipinski definition) is 0. The van der Waals surface area contributed by atoms with Gasteiger partial charge in [-0.15, -0.1) is 0 Å². The van der Waals surface area contributed by atoms with Crippen LogP contribution in [-0.4, -0.2) is 16.8 Å². The van der Waals surface area contributed by atoms with Crippen LogP contribution in [-0.2, 0) is 15.3 Å². The minimum absolute atomic E-state index is 0.0522. The Morgan fingerprint density at radius 2 is 1.86 bits per heavy atom. The standard InChI is InChI=1S/C18H24O2S/c1-13(19)11-16-9-6-10-17(18(16)14(2)20)21-12-15-7-4-3-5-8-15/h3-5,7-8,16-18H,6,9-12H2,1-2H3/t16-,17-,18-/m1/s1. The smallest absolute Gasteiger partial charge is 0.134 e. The van der Waals surface area contributed by atoms with E-state index in [-0.39, 0.29) is 23.4 Å². The highest BCUT2D eigenvalue weighted by atomic mass is 32.2. The zero-order valence-corrected chi connectivity index (χ0v) is 13.7.